The van der Waals surface area contributed by atoms with Gasteiger partial charge in [0.15, 0.2) is 6.29 Å². The van der Waals surface area contributed by atoms with Crippen molar-refractivity contribution in [3.63, 3.8) is 0 Å². The lowest BCUT2D eigenvalue weighted by Crippen LogP contribution is -2.30. The van der Waals surface area contributed by atoms with E-state index in [-0.39, 0.29) is 6.29 Å². The number of hydrogen-bond acceptors (Lipinski definition) is 2. The third-order valence-electron chi connectivity index (χ3n) is 7.62. The number of ether oxygens (including phenoxy) is 2. The predicted octanol–water partition coefficient (Wildman–Crippen LogP) is 5.97. The van der Waals surface area contributed by atoms with Crippen molar-refractivity contribution in [2.75, 3.05) is 6.61 Å². The van der Waals surface area contributed by atoms with Crippen molar-refractivity contribution in [2.45, 2.75) is 60.2 Å². The van der Waals surface area contributed by atoms with E-state index in [9.17, 15) is 0 Å². The Bertz CT molecular complexity index is 612. The molecule has 144 valence electrons. The van der Waals surface area contributed by atoms with Gasteiger partial charge >= 0.3 is 0 Å². The van der Waals surface area contributed by atoms with Gasteiger partial charge in [-0.05, 0) is 66.8 Å². The Kier molecular flexibility index (Phi) is 4.84. The molecule has 0 aromatic heterocycles. The van der Waals surface area contributed by atoms with Gasteiger partial charge < -0.3 is 9.47 Å². The van der Waals surface area contributed by atoms with Crippen molar-refractivity contribution in [3.8, 4) is 0 Å². The van der Waals surface area contributed by atoms with Gasteiger partial charge in [0.25, 0.3) is 0 Å². The highest BCUT2D eigenvalue weighted by Gasteiger charge is 2.71. The minimum atomic E-state index is -0.151. The van der Waals surface area contributed by atoms with Gasteiger partial charge in [-0.2, -0.15) is 0 Å². The largest absolute Gasteiger partial charge is 0.470 e. The van der Waals surface area contributed by atoms with E-state index in [1.807, 2.05) is 6.92 Å². The van der Waals surface area contributed by atoms with Crippen molar-refractivity contribution < 1.29 is 9.47 Å². The quantitative estimate of drug-likeness (QED) is 0.546. The fourth-order valence-electron chi connectivity index (χ4n) is 6.47. The fourth-order valence-corrected chi connectivity index (χ4v) is 6.47. The monoisotopic (exact) mass is 356 g/mol. The Morgan fingerprint density at radius 2 is 1.96 bits per heavy atom. The first-order valence-corrected chi connectivity index (χ1v) is 10.7. The van der Waals surface area contributed by atoms with Crippen LogP contribution in [0.3, 0.4) is 0 Å². The molecule has 0 bridgehead atoms. The average molecular weight is 357 g/mol. The van der Waals surface area contributed by atoms with Gasteiger partial charge in [0, 0.05) is 12.3 Å². The molecule has 2 heteroatoms. The van der Waals surface area contributed by atoms with Crippen LogP contribution in [0.15, 0.2) is 36.1 Å². The SMILES string of the molecule is CC(OCC1C=CC=CC1)OC1=CC2C(CC1)C(C(C)C)C1C2C1(C)C. The van der Waals surface area contributed by atoms with E-state index in [4.69, 9.17) is 9.47 Å². The summed E-state index contributed by atoms with van der Waals surface area (Å²) in [5.41, 5.74) is 0.526. The van der Waals surface area contributed by atoms with Crippen LogP contribution in [0.1, 0.15) is 53.9 Å². The molecule has 0 radical (unpaired) electrons. The van der Waals surface area contributed by atoms with Crippen molar-refractivity contribution in [2.24, 2.45) is 46.8 Å². The van der Waals surface area contributed by atoms with Crippen molar-refractivity contribution in [1.82, 2.24) is 0 Å². The highest BCUT2D eigenvalue weighted by atomic mass is 16.7. The topological polar surface area (TPSA) is 18.5 Å². The third kappa shape index (κ3) is 3.19. The van der Waals surface area contributed by atoms with Crippen LogP contribution in [-0.2, 0) is 9.47 Å². The van der Waals surface area contributed by atoms with Crippen LogP contribution in [-0.4, -0.2) is 12.9 Å². The van der Waals surface area contributed by atoms with Gasteiger partial charge in [-0.25, -0.2) is 0 Å². The van der Waals surface area contributed by atoms with Gasteiger partial charge in [0.05, 0.1) is 12.4 Å². The highest BCUT2D eigenvalue weighted by molar-refractivity contribution is 5.24. The summed E-state index contributed by atoms with van der Waals surface area (Å²) in [6.45, 7) is 12.6. The summed E-state index contributed by atoms with van der Waals surface area (Å²) in [5.74, 6) is 6.77. The second kappa shape index (κ2) is 6.86. The highest BCUT2D eigenvalue weighted by Crippen LogP contribution is 2.75. The van der Waals surface area contributed by atoms with Gasteiger partial charge in [-0.3, -0.25) is 0 Å². The van der Waals surface area contributed by atoms with E-state index in [1.54, 1.807) is 0 Å². The molecular formula is C24H36O2. The predicted molar refractivity (Wildman–Crippen MR) is 106 cm³/mol. The Hall–Kier alpha value is -1.02. The Labute approximate surface area is 159 Å². The molecule has 0 saturated heterocycles. The molecule has 0 heterocycles. The van der Waals surface area contributed by atoms with Crippen molar-refractivity contribution >= 4 is 0 Å². The summed E-state index contributed by atoms with van der Waals surface area (Å²) in [7, 11) is 0. The van der Waals surface area contributed by atoms with E-state index < -0.39 is 0 Å². The van der Waals surface area contributed by atoms with Gasteiger partial charge in [0.2, 0.25) is 0 Å². The summed E-state index contributed by atoms with van der Waals surface area (Å²) < 4.78 is 12.2. The zero-order valence-electron chi connectivity index (χ0n) is 17.2. The van der Waals surface area contributed by atoms with Crippen LogP contribution in [0.5, 0.6) is 0 Å². The average Bonchev–Trinajstić information content (AvgIpc) is 2.99. The summed E-state index contributed by atoms with van der Waals surface area (Å²) in [5, 5.41) is 0. The zero-order valence-corrected chi connectivity index (χ0v) is 17.2. The zero-order chi connectivity index (χ0) is 18.5. The Morgan fingerprint density at radius 1 is 1.15 bits per heavy atom. The number of rotatable bonds is 6. The van der Waals surface area contributed by atoms with E-state index in [1.165, 1.54) is 12.2 Å². The molecule has 0 amide bonds. The molecule has 2 fully saturated rings. The fraction of sp³-hybridized carbons (Fsp3) is 0.750. The lowest BCUT2D eigenvalue weighted by Gasteiger charge is -2.37. The molecule has 4 aliphatic carbocycles. The molecule has 4 rings (SSSR count). The lowest BCUT2D eigenvalue weighted by atomic mass is 9.70. The maximum atomic E-state index is 6.22. The maximum absolute atomic E-state index is 6.22. The number of fused-ring (bicyclic) bond motifs is 3. The molecule has 2 nitrogen and oxygen atoms in total. The normalized spacial score (nSPS) is 40.8. The van der Waals surface area contributed by atoms with Crippen LogP contribution in [0.25, 0.3) is 0 Å². The van der Waals surface area contributed by atoms with Crippen LogP contribution >= 0.6 is 0 Å². The Morgan fingerprint density at radius 3 is 2.65 bits per heavy atom. The lowest BCUT2D eigenvalue weighted by molar-refractivity contribution is -0.114. The molecule has 26 heavy (non-hydrogen) atoms. The van der Waals surface area contributed by atoms with Crippen molar-refractivity contribution in [3.05, 3.63) is 36.1 Å². The molecule has 0 N–H and O–H groups in total. The first-order chi connectivity index (χ1) is 12.4. The minimum absolute atomic E-state index is 0.151. The van der Waals surface area contributed by atoms with Crippen LogP contribution in [0, 0.1) is 46.8 Å². The molecule has 7 unspecified atom stereocenters. The van der Waals surface area contributed by atoms with Gasteiger partial charge in [-0.1, -0.05) is 52.0 Å². The summed E-state index contributed by atoms with van der Waals surface area (Å²) in [6, 6.07) is 0. The van der Waals surface area contributed by atoms with Gasteiger partial charge in [-0.15, -0.1) is 0 Å². The van der Waals surface area contributed by atoms with E-state index in [0.717, 1.165) is 55.0 Å². The summed E-state index contributed by atoms with van der Waals surface area (Å²) in [6.07, 6.45) is 14.5. The van der Waals surface area contributed by atoms with E-state index in [2.05, 4.69) is 58.1 Å². The molecule has 0 aromatic rings. The molecule has 7 atom stereocenters. The Balaban J connectivity index is 1.35. The first-order valence-electron chi connectivity index (χ1n) is 10.7. The first kappa shape index (κ1) is 18.3. The molecule has 4 aliphatic rings. The minimum Gasteiger partial charge on any atom is -0.470 e. The van der Waals surface area contributed by atoms with Gasteiger partial charge in [0.1, 0.15) is 0 Å². The smallest absolute Gasteiger partial charge is 0.196 e. The van der Waals surface area contributed by atoms with Crippen LogP contribution < -0.4 is 0 Å². The van der Waals surface area contributed by atoms with Crippen LogP contribution in [0.2, 0.25) is 0 Å². The maximum Gasteiger partial charge on any atom is 0.196 e. The number of allylic oxidation sites excluding steroid dienone is 5. The standard InChI is InChI=1S/C24H36O2/c1-15(2)21-19-12-11-18(13-20(19)22-23(21)24(22,4)5)26-16(3)25-14-17-9-7-6-8-10-17/h6-9,13,15-17,19-23H,10-12,14H2,1-5H3. The van der Waals surface area contributed by atoms with Crippen LogP contribution in [0.4, 0.5) is 0 Å². The second-order valence-corrected chi connectivity index (χ2v) is 9.93. The summed E-state index contributed by atoms with van der Waals surface area (Å²) >= 11 is 0. The molecule has 0 aromatic carbocycles. The number of hydrogen-bond donors (Lipinski definition) is 0. The van der Waals surface area contributed by atoms with Crippen molar-refractivity contribution in [1.29, 1.82) is 0 Å². The van der Waals surface area contributed by atoms with E-state index >= 15 is 0 Å². The second-order valence-electron chi connectivity index (χ2n) is 9.93. The third-order valence-corrected chi connectivity index (χ3v) is 7.62. The van der Waals surface area contributed by atoms with E-state index in [0.29, 0.717) is 11.3 Å². The molecule has 0 spiro atoms. The summed E-state index contributed by atoms with van der Waals surface area (Å²) in [4.78, 5) is 0. The molecular weight excluding hydrogens is 320 g/mol. The molecule has 2 saturated carbocycles. The molecule has 0 aliphatic heterocycles.